The fourth-order valence-electron chi connectivity index (χ4n) is 2.42. The van der Waals surface area contributed by atoms with Crippen molar-refractivity contribution in [2.45, 2.75) is 0 Å². The third-order valence-electron chi connectivity index (χ3n) is 3.39. The Morgan fingerprint density at radius 1 is 1.14 bits per heavy atom. The molecule has 1 N–H and O–H groups in total. The van der Waals surface area contributed by atoms with E-state index in [-0.39, 0.29) is 5.69 Å². The van der Waals surface area contributed by atoms with Crippen molar-refractivity contribution in [2.24, 2.45) is 0 Å². The predicted octanol–water partition coefficient (Wildman–Crippen LogP) is 2.43. The number of nitrogens with zero attached hydrogens (tertiary/aromatic N) is 2. The number of H-pyrrole nitrogens is 1. The normalized spacial score (nSPS) is 11.3. The minimum absolute atomic E-state index is 0.0685. The van der Waals surface area contributed by atoms with Crippen LogP contribution in [0.25, 0.3) is 26.1 Å². The van der Waals surface area contributed by atoms with E-state index in [0.717, 1.165) is 4.57 Å². The number of halogens is 1. The molecule has 0 unspecified atom stereocenters. The van der Waals surface area contributed by atoms with Gasteiger partial charge in [-0.2, -0.15) is 0 Å². The van der Waals surface area contributed by atoms with Gasteiger partial charge in [-0.25, -0.2) is 18.7 Å². The monoisotopic (exact) mass is 313 g/mol. The molecule has 0 saturated heterocycles. The highest BCUT2D eigenvalue weighted by atomic mass is 32.1. The first-order valence-corrected chi connectivity index (χ1v) is 7.26. The van der Waals surface area contributed by atoms with E-state index in [0.29, 0.717) is 20.4 Å². The fraction of sp³-hybridized carbons (Fsp3) is 0. The minimum atomic E-state index is -0.675. The summed E-state index contributed by atoms with van der Waals surface area (Å²) in [4.78, 5) is 32.4. The summed E-state index contributed by atoms with van der Waals surface area (Å²) in [5.74, 6) is -0.631. The van der Waals surface area contributed by atoms with Gasteiger partial charge in [-0.05, 0) is 24.3 Å². The first kappa shape index (κ1) is 12.9. The number of pyridine rings is 1. The first-order chi connectivity index (χ1) is 10.7. The second kappa shape index (κ2) is 4.60. The SMILES string of the molecule is O=c1[nH]c2c(sc3ncccc32)c(=O)n1-c1ccccc1F. The highest BCUT2D eigenvalue weighted by Crippen LogP contribution is 2.27. The molecule has 7 heteroatoms. The Labute approximate surface area is 126 Å². The number of fused-ring (bicyclic) bond motifs is 3. The lowest BCUT2D eigenvalue weighted by atomic mass is 10.3. The van der Waals surface area contributed by atoms with Crippen molar-refractivity contribution in [1.82, 2.24) is 14.5 Å². The molecule has 0 radical (unpaired) electrons. The number of benzene rings is 1. The molecule has 22 heavy (non-hydrogen) atoms. The number of aromatic amines is 1. The van der Waals surface area contributed by atoms with Gasteiger partial charge < -0.3 is 4.98 Å². The van der Waals surface area contributed by atoms with Gasteiger partial charge in [0.05, 0.1) is 11.2 Å². The van der Waals surface area contributed by atoms with Gasteiger partial charge in [0.25, 0.3) is 5.56 Å². The van der Waals surface area contributed by atoms with Crippen LogP contribution in [0.5, 0.6) is 0 Å². The van der Waals surface area contributed by atoms with E-state index in [1.807, 2.05) is 0 Å². The molecular formula is C15H8FN3O2S. The molecule has 0 aliphatic carbocycles. The van der Waals surface area contributed by atoms with Crippen LogP contribution in [-0.4, -0.2) is 14.5 Å². The second-order valence-electron chi connectivity index (χ2n) is 4.68. The lowest BCUT2D eigenvalue weighted by molar-refractivity contribution is 0.613. The maximum absolute atomic E-state index is 13.9. The van der Waals surface area contributed by atoms with E-state index in [9.17, 15) is 14.0 Å². The first-order valence-electron chi connectivity index (χ1n) is 6.44. The molecule has 0 fully saturated rings. The summed E-state index contributed by atoms with van der Waals surface area (Å²) in [6.07, 6.45) is 1.62. The number of aromatic nitrogens is 3. The summed E-state index contributed by atoms with van der Waals surface area (Å²) in [7, 11) is 0. The zero-order valence-corrected chi connectivity index (χ0v) is 11.9. The van der Waals surface area contributed by atoms with Crippen molar-refractivity contribution in [3.05, 3.63) is 69.3 Å². The fourth-order valence-corrected chi connectivity index (χ4v) is 3.44. The molecule has 3 aromatic heterocycles. The number of para-hydroxylation sites is 1. The molecule has 0 aliphatic rings. The molecule has 0 atom stereocenters. The molecule has 108 valence electrons. The molecular weight excluding hydrogens is 305 g/mol. The van der Waals surface area contributed by atoms with Gasteiger partial charge >= 0.3 is 5.69 Å². The average molecular weight is 313 g/mol. The van der Waals surface area contributed by atoms with Crippen LogP contribution in [0.2, 0.25) is 0 Å². The molecule has 0 bridgehead atoms. The second-order valence-corrected chi connectivity index (χ2v) is 5.68. The lowest BCUT2D eigenvalue weighted by Crippen LogP contribution is -2.33. The Hall–Kier alpha value is -2.80. The lowest BCUT2D eigenvalue weighted by Gasteiger charge is -2.05. The Bertz CT molecular complexity index is 1140. The standard InChI is InChI=1S/C15H8FN3O2S/c16-9-5-1-2-6-10(9)19-14(20)12-11(18-15(19)21)8-4-3-7-17-13(8)22-12/h1-7H,(H,18,21). The third kappa shape index (κ3) is 1.72. The summed E-state index contributed by atoms with van der Waals surface area (Å²) < 4.78 is 15.1. The Morgan fingerprint density at radius 3 is 2.77 bits per heavy atom. The largest absolute Gasteiger partial charge is 0.333 e. The van der Waals surface area contributed by atoms with Crippen LogP contribution in [0.3, 0.4) is 0 Å². The van der Waals surface area contributed by atoms with E-state index in [2.05, 4.69) is 9.97 Å². The van der Waals surface area contributed by atoms with Gasteiger partial charge in [-0.15, -0.1) is 11.3 Å². The molecule has 4 rings (SSSR count). The molecule has 0 saturated carbocycles. The summed E-state index contributed by atoms with van der Waals surface area (Å²) in [6.45, 7) is 0. The molecule has 0 amide bonds. The molecule has 0 spiro atoms. The van der Waals surface area contributed by atoms with E-state index >= 15 is 0 Å². The Kier molecular flexibility index (Phi) is 2.70. The molecule has 0 aliphatic heterocycles. The summed E-state index contributed by atoms with van der Waals surface area (Å²) in [5.41, 5.74) is -0.852. The average Bonchev–Trinajstić information content (AvgIpc) is 2.88. The van der Waals surface area contributed by atoms with E-state index < -0.39 is 17.1 Å². The van der Waals surface area contributed by atoms with E-state index in [4.69, 9.17) is 0 Å². The third-order valence-corrected chi connectivity index (χ3v) is 4.49. The summed E-state index contributed by atoms with van der Waals surface area (Å²) in [6, 6.07) is 9.18. The topological polar surface area (TPSA) is 67.8 Å². The van der Waals surface area contributed by atoms with Gasteiger partial charge in [0.15, 0.2) is 0 Å². The number of nitrogens with one attached hydrogen (secondary N) is 1. The molecule has 3 heterocycles. The number of rotatable bonds is 1. The van der Waals surface area contributed by atoms with E-state index in [1.54, 1.807) is 24.4 Å². The van der Waals surface area contributed by atoms with Crippen LogP contribution in [0, 0.1) is 5.82 Å². The Morgan fingerprint density at radius 2 is 1.95 bits per heavy atom. The molecule has 1 aromatic carbocycles. The maximum atomic E-state index is 13.9. The molecule has 5 nitrogen and oxygen atoms in total. The maximum Gasteiger partial charge on any atom is 0.333 e. The van der Waals surface area contributed by atoms with Crippen LogP contribution in [-0.2, 0) is 0 Å². The smallest absolute Gasteiger partial charge is 0.305 e. The zero-order chi connectivity index (χ0) is 15.3. The highest BCUT2D eigenvalue weighted by molar-refractivity contribution is 7.25. The van der Waals surface area contributed by atoms with Crippen molar-refractivity contribution in [3.8, 4) is 5.69 Å². The number of hydrogen-bond donors (Lipinski definition) is 1. The van der Waals surface area contributed by atoms with Crippen molar-refractivity contribution in [2.75, 3.05) is 0 Å². The number of hydrogen-bond acceptors (Lipinski definition) is 4. The van der Waals surface area contributed by atoms with Crippen LogP contribution < -0.4 is 11.2 Å². The van der Waals surface area contributed by atoms with Crippen LogP contribution in [0.4, 0.5) is 4.39 Å². The minimum Gasteiger partial charge on any atom is -0.305 e. The zero-order valence-electron chi connectivity index (χ0n) is 11.0. The van der Waals surface area contributed by atoms with Crippen LogP contribution >= 0.6 is 11.3 Å². The van der Waals surface area contributed by atoms with Crippen molar-refractivity contribution < 1.29 is 4.39 Å². The Balaban J connectivity index is 2.19. The van der Waals surface area contributed by atoms with Gasteiger partial charge in [0.2, 0.25) is 0 Å². The van der Waals surface area contributed by atoms with Gasteiger partial charge in [0, 0.05) is 11.6 Å². The van der Waals surface area contributed by atoms with Crippen molar-refractivity contribution in [1.29, 1.82) is 0 Å². The quantitative estimate of drug-likeness (QED) is 0.587. The van der Waals surface area contributed by atoms with Crippen molar-refractivity contribution >= 4 is 31.8 Å². The summed E-state index contributed by atoms with van der Waals surface area (Å²) >= 11 is 1.17. The summed E-state index contributed by atoms with van der Waals surface area (Å²) in [5, 5.41) is 0.706. The van der Waals surface area contributed by atoms with E-state index in [1.165, 1.54) is 29.5 Å². The van der Waals surface area contributed by atoms with Gasteiger partial charge in [-0.3, -0.25) is 4.79 Å². The predicted molar refractivity (Wildman–Crippen MR) is 83.3 cm³/mol. The molecule has 4 aromatic rings. The number of thiophene rings is 1. The van der Waals surface area contributed by atoms with Gasteiger partial charge in [0.1, 0.15) is 15.3 Å². The van der Waals surface area contributed by atoms with Crippen molar-refractivity contribution in [3.63, 3.8) is 0 Å². The van der Waals surface area contributed by atoms with Crippen LogP contribution in [0.1, 0.15) is 0 Å². The van der Waals surface area contributed by atoms with Crippen LogP contribution in [0.15, 0.2) is 52.2 Å². The van der Waals surface area contributed by atoms with Gasteiger partial charge in [-0.1, -0.05) is 12.1 Å². The highest BCUT2D eigenvalue weighted by Gasteiger charge is 2.16.